The van der Waals surface area contributed by atoms with Crippen molar-refractivity contribution >= 4 is 33.3 Å². The van der Waals surface area contributed by atoms with Gasteiger partial charge in [0.1, 0.15) is 11.9 Å². The van der Waals surface area contributed by atoms with Gasteiger partial charge in [0.05, 0.1) is 24.1 Å². The van der Waals surface area contributed by atoms with E-state index in [0.717, 1.165) is 16.6 Å². The Bertz CT molecular complexity index is 961. The predicted octanol–water partition coefficient (Wildman–Crippen LogP) is 2.80. The molecule has 2 aromatic carbocycles. The van der Waals surface area contributed by atoms with Crippen LogP contribution >= 0.6 is 0 Å². The predicted molar refractivity (Wildman–Crippen MR) is 104 cm³/mol. The monoisotopic (exact) mass is 408 g/mol. The fourth-order valence-corrected chi connectivity index (χ4v) is 3.74. The average Bonchev–Trinajstić information content (AvgIpc) is 2.63. The van der Waals surface area contributed by atoms with Crippen LogP contribution in [0, 0.1) is 5.82 Å². The Kier molecular flexibility index (Phi) is 6.74. The third-order valence-corrected chi connectivity index (χ3v) is 5.07. The van der Waals surface area contributed by atoms with Crippen LogP contribution in [0.5, 0.6) is 0 Å². The second-order valence-corrected chi connectivity index (χ2v) is 7.83. The second kappa shape index (κ2) is 8.83. The summed E-state index contributed by atoms with van der Waals surface area (Å²) in [6.07, 6.45) is 0.900. The van der Waals surface area contributed by atoms with E-state index in [0.29, 0.717) is 11.3 Å². The van der Waals surface area contributed by atoms with Crippen LogP contribution in [0.15, 0.2) is 48.5 Å². The molecule has 28 heavy (non-hydrogen) atoms. The summed E-state index contributed by atoms with van der Waals surface area (Å²) in [5, 5.41) is 2.56. The first-order valence-electron chi connectivity index (χ1n) is 8.47. The van der Waals surface area contributed by atoms with Gasteiger partial charge in [-0.15, -0.1) is 0 Å². The van der Waals surface area contributed by atoms with Crippen LogP contribution in [0.4, 0.5) is 15.8 Å². The van der Waals surface area contributed by atoms with Crippen molar-refractivity contribution in [3.8, 4) is 0 Å². The number of hydrogen-bond donors (Lipinski definition) is 1. The van der Waals surface area contributed by atoms with Crippen molar-refractivity contribution in [2.24, 2.45) is 0 Å². The standard InChI is InChI=1S/C19H21FN2O5S/c1-4-27-19(24)14-9-11-15(12-10-14)21-18(23)13(2)22(28(3,25)26)17-8-6-5-7-16(17)20/h5-13H,4H2,1-3H3,(H,21,23). The maximum absolute atomic E-state index is 14.1. The van der Waals surface area contributed by atoms with Crippen LogP contribution in [0.2, 0.25) is 0 Å². The number of esters is 1. The topological polar surface area (TPSA) is 92.8 Å². The molecule has 2 aromatic rings. The van der Waals surface area contributed by atoms with Gasteiger partial charge in [-0.05, 0) is 50.2 Å². The van der Waals surface area contributed by atoms with Crippen molar-refractivity contribution in [1.29, 1.82) is 0 Å². The quantitative estimate of drug-likeness (QED) is 0.711. The Balaban J connectivity index is 2.22. The van der Waals surface area contributed by atoms with Gasteiger partial charge in [0.2, 0.25) is 15.9 Å². The van der Waals surface area contributed by atoms with Gasteiger partial charge in [0.25, 0.3) is 0 Å². The molecule has 0 heterocycles. The number of nitrogens with one attached hydrogen (secondary N) is 1. The van der Waals surface area contributed by atoms with Crippen LogP contribution in [0.25, 0.3) is 0 Å². The molecule has 1 amide bonds. The molecule has 1 N–H and O–H groups in total. The fraction of sp³-hybridized carbons (Fsp3) is 0.263. The minimum atomic E-state index is -3.93. The third kappa shape index (κ3) is 5.07. The number of carbonyl (C=O) groups excluding carboxylic acids is 2. The van der Waals surface area contributed by atoms with E-state index in [1.54, 1.807) is 6.92 Å². The molecule has 0 radical (unpaired) electrons. The van der Waals surface area contributed by atoms with Crippen molar-refractivity contribution in [3.63, 3.8) is 0 Å². The van der Waals surface area contributed by atoms with Crippen LogP contribution < -0.4 is 9.62 Å². The first-order valence-corrected chi connectivity index (χ1v) is 10.3. The van der Waals surface area contributed by atoms with Crippen molar-refractivity contribution in [3.05, 3.63) is 59.9 Å². The van der Waals surface area contributed by atoms with Crippen LogP contribution in [-0.4, -0.2) is 39.2 Å². The number of halogens is 1. The lowest BCUT2D eigenvalue weighted by atomic mass is 10.2. The normalized spacial score (nSPS) is 12.1. The number of anilines is 2. The van der Waals surface area contributed by atoms with Gasteiger partial charge < -0.3 is 10.1 Å². The highest BCUT2D eigenvalue weighted by Gasteiger charge is 2.31. The number of para-hydroxylation sites is 1. The van der Waals surface area contributed by atoms with E-state index in [1.165, 1.54) is 49.4 Å². The highest BCUT2D eigenvalue weighted by atomic mass is 32.2. The van der Waals surface area contributed by atoms with Gasteiger partial charge in [-0.1, -0.05) is 12.1 Å². The zero-order valence-corrected chi connectivity index (χ0v) is 16.5. The number of carbonyl (C=O) groups is 2. The lowest BCUT2D eigenvalue weighted by Crippen LogP contribution is -2.45. The van der Waals surface area contributed by atoms with E-state index in [4.69, 9.17) is 4.74 Å². The molecule has 7 nitrogen and oxygen atoms in total. The summed E-state index contributed by atoms with van der Waals surface area (Å²) < 4.78 is 44.1. The smallest absolute Gasteiger partial charge is 0.338 e. The van der Waals surface area contributed by atoms with E-state index < -0.39 is 33.8 Å². The summed E-state index contributed by atoms with van der Waals surface area (Å²) >= 11 is 0. The van der Waals surface area contributed by atoms with E-state index in [2.05, 4.69) is 5.32 Å². The Morgan fingerprint density at radius 2 is 1.75 bits per heavy atom. The molecule has 0 saturated carbocycles. The summed E-state index contributed by atoms with van der Waals surface area (Å²) in [4.78, 5) is 24.2. The molecule has 1 unspecified atom stereocenters. The van der Waals surface area contributed by atoms with Gasteiger partial charge in [0.15, 0.2) is 0 Å². The molecule has 150 valence electrons. The molecule has 0 spiro atoms. The van der Waals surface area contributed by atoms with E-state index in [-0.39, 0.29) is 12.3 Å². The second-order valence-electron chi connectivity index (χ2n) is 5.97. The molecule has 0 aliphatic rings. The van der Waals surface area contributed by atoms with Crippen molar-refractivity contribution in [2.75, 3.05) is 22.5 Å². The Labute approximate surface area is 163 Å². The lowest BCUT2D eigenvalue weighted by molar-refractivity contribution is -0.116. The summed E-state index contributed by atoms with van der Waals surface area (Å²) in [6, 6.07) is 10.0. The Morgan fingerprint density at radius 3 is 2.29 bits per heavy atom. The molecule has 9 heteroatoms. The Hall–Kier alpha value is -2.94. The van der Waals surface area contributed by atoms with Gasteiger partial charge in [0, 0.05) is 5.69 Å². The van der Waals surface area contributed by atoms with E-state index in [1.807, 2.05) is 0 Å². The van der Waals surface area contributed by atoms with Gasteiger partial charge in [-0.3, -0.25) is 9.10 Å². The van der Waals surface area contributed by atoms with Crippen LogP contribution in [-0.2, 0) is 19.6 Å². The largest absolute Gasteiger partial charge is 0.462 e. The number of ether oxygens (including phenoxy) is 1. The minimum absolute atomic E-state index is 0.217. The molecule has 0 aliphatic carbocycles. The lowest BCUT2D eigenvalue weighted by Gasteiger charge is -2.28. The van der Waals surface area contributed by atoms with Crippen molar-refractivity contribution in [2.45, 2.75) is 19.9 Å². The summed E-state index contributed by atoms with van der Waals surface area (Å²) in [6.45, 7) is 3.29. The van der Waals surface area contributed by atoms with E-state index >= 15 is 0 Å². The van der Waals surface area contributed by atoms with Crippen molar-refractivity contribution < 1.29 is 27.1 Å². The van der Waals surface area contributed by atoms with Crippen LogP contribution in [0.1, 0.15) is 24.2 Å². The zero-order valence-electron chi connectivity index (χ0n) is 15.7. The SMILES string of the molecule is CCOC(=O)c1ccc(NC(=O)C(C)N(c2ccccc2F)S(C)(=O)=O)cc1. The molecule has 0 saturated heterocycles. The first kappa shape index (κ1) is 21.4. The zero-order chi connectivity index (χ0) is 20.9. The number of nitrogens with zero attached hydrogens (tertiary/aromatic N) is 1. The number of hydrogen-bond acceptors (Lipinski definition) is 5. The molecular formula is C19H21FN2O5S. The summed E-state index contributed by atoms with van der Waals surface area (Å²) in [7, 11) is -3.93. The molecule has 0 aromatic heterocycles. The maximum Gasteiger partial charge on any atom is 0.338 e. The van der Waals surface area contributed by atoms with Gasteiger partial charge >= 0.3 is 5.97 Å². The summed E-state index contributed by atoms with van der Waals surface area (Å²) in [5.41, 5.74) is 0.453. The molecule has 2 rings (SSSR count). The van der Waals surface area contributed by atoms with Crippen molar-refractivity contribution in [1.82, 2.24) is 0 Å². The van der Waals surface area contributed by atoms with E-state index in [9.17, 15) is 22.4 Å². The highest BCUT2D eigenvalue weighted by Crippen LogP contribution is 2.24. The third-order valence-electron chi connectivity index (χ3n) is 3.84. The number of benzene rings is 2. The maximum atomic E-state index is 14.1. The molecule has 1 atom stereocenters. The molecule has 0 bridgehead atoms. The molecule has 0 fully saturated rings. The fourth-order valence-electron chi connectivity index (χ4n) is 2.56. The highest BCUT2D eigenvalue weighted by molar-refractivity contribution is 7.92. The van der Waals surface area contributed by atoms with Crippen LogP contribution in [0.3, 0.4) is 0 Å². The summed E-state index contributed by atoms with van der Waals surface area (Å²) in [5.74, 6) is -1.90. The average molecular weight is 408 g/mol. The Morgan fingerprint density at radius 1 is 1.14 bits per heavy atom. The first-order chi connectivity index (χ1) is 13.1. The molecule has 0 aliphatic heterocycles. The number of sulfonamides is 1. The number of amides is 1. The number of rotatable bonds is 7. The van der Waals surface area contributed by atoms with Gasteiger partial charge in [-0.25, -0.2) is 17.6 Å². The molecular weight excluding hydrogens is 387 g/mol. The van der Waals surface area contributed by atoms with Gasteiger partial charge in [-0.2, -0.15) is 0 Å². The minimum Gasteiger partial charge on any atom is -0.462 e.